The molecule has 1 atom stereocenters. The van der Waals surface area contributed by atoms with E-state index in [1.807, 2.05) is 11.3 Å². The topological polar surface area (TPSA) is 32.3 Å². The Bertz CT molecular complexity index is 260. The zero-order chi connectivity index (χ0) is 10.4. The van der Waals surface area contributed by atoms with E-state index in [4.69, 9.17) is 5.11 Å². The third-order valence-corrected chi connectivity index (χ3v) is 3.53. The molecule has 0 saturated heterocycles. The molecule has 0 aliphatic carbocycles. The summed E-state index contributed by atoms with van der Waals surface area (Å²) in [5.74, 6) is 0. The van der Waals surface area contributed by atoms with Crippen molar-refractivity contribution in [2.45, 2.75) is 32.7 Å². The van der Waals surface area contributed by atoms with Crippen molar-refractivity contribution in [3.8, 4) is 0 Å². The van der Waals surface area contributed by atoms with E-state index >= 15 is 0 Å². The van der Waals surface area contributed by atoms with Crippen molar-refractivity contribution in [3.63, 3.8) is 0 Å². The van der Waals surface area contributed by atoms with Crippen LogP contribution in [0.1, 0.15) is 36.2 Å². The minimum atomic E-state index is 0.300. The van der Waals surface area contributed by atoms with E-state index in [9.17, 15) is 0 Å². The van der Waals surface area contributed by atoms with Crippen LogP contribution in [0.5, 0.6) is 0 Å². The van der Waals surface area contributed by atoms with E-state index in [0.29, 0.717) is 12.6 Å². The third kappa shape index (κ3) is 3.40. The molecule has 0 spiro atoms. The number of aliphatic hydroxyl groups is 1. The lowest BCUT2D eigenvalue weighted by atomic mass is 10.2. The summed E-state index contributed by atoms with van der Waals surface area (Å²) >= 11 is 1.81. The van der Waals surface area contributed by atoms with Gasteiger partial charge in [0.1, 0.15) is 0 Å². The van der Waals surface area contributed by atoms with Crippen molar-refractivity contribution >= 4 is 11.3 Å². The van der Waals surface area contributed by atoms with Gasteiger partial charge in [-0.05, 0) is 50.2 Å². The summed E-state index contributed by atoms with van der Waals surface area (Å²) < 4.78 is 0. The van der Waals surface area contributed by atoms with Gasteiger partial charge in [-0.3, -0.25) is 0 Å². The number of nitrogens with one attached hydrogen (secondary N) is 1. The van der Waals surface area contributed by atoms with Gasteiger partial charge >= 0.3 is 0 Å². The van der Waals surface area contributed by atoms with Gasteiger partial charge in [-0.15, -0.1) is 11.3 Å². The van der Waals surface area contributed by atoms with Gasteiger partial charge in [0.05, 0.1) is 0 Å². The van der Waals surface area contributed by atoms with Crippen LogP contribution >= 0.6 is 11.3 Å². The van der Waals surface area contributed by atoms with Crippen LogP contribution in [0, 0.1) is 6.92 Å². The second-order valence-corrected chi connectivity index (χ2v) is 4.52. The van der Waals surface area contributed by atoms with Gasteiger partial charge in [-0.2, -0.15) is 0 Å². The smallest absolute Gasteiger partial charge is 0.0431 e. The first-order valence-corrected chi connectivity index (χ1v) is 6.02. The Labute approximate surface area is 90.0 Å². The summed E-state index contributed by atoms with van der Waals surface area (Å²) in [5, 5.41) is 14.2. The van der Waals surface area contributed by atoms with Crippen molar-refractivity contribution in [1.29, 1.82) is 0 Å². The highest BCUT2D eigenvalue weighted by Gasteiger charge is 2.07. The molecule has 1 heterocycles. The van der Waals surface area contributed by atoms with E-state index in [-0.39, 0.29) is 0 Å². The minimum Gasteiger partial charge on any atom is -0.396 e. The molecule has 1 rings (SSSR count). The highest BCUT2D eigenvalue weighted by molar-refractivity contribution is 7.10. The van der Waals surface area contributed by atoms with Crippen LogP contribution in [-0.2, 0) is 0 Å². The SMILES string of the molecule is Cc1ccsc1C(C)NCCCCO. The molecule has 1 aromatic heterocycles. The number of aliphatic hydroxyl groups excluding tert-OH is 1. The monoisotopic (exact) mass is 213 g/mol. The molecular formula is C11H19NOS. The summed E-state index contributed by atoms with van der Waals surface area (Å²) in [4.78, 5) is 1.42. The highest BCUT2D eigenvalue weighted by Crippen LogP contribution is 2.23. The first-order chi connectivity index (χ1) is 6.75. The van der Waals surface area contributed by atoms with Crippen LogP contribution in [0.3, 0.4) is 0 Å². The van der Waals surface area contributed by atoms with Crippen LogP contribution in [0.4, 0.5) is 0 Å². The normalized spacial score (nSPS) is 13.1. The first-order valence-electron chi connectivity index (χ1n) is 5.14. The summed E-state index contributed by atoms with van der Waals surface area (Å²) in [5.41, 5.74) is 1.37. The lowest BCUT2D eigenvalue weighted by Gasteiger charge is -2.12. The minimum absolute atomic E-state index is 0.300. The summed E-state index contributed by atoms with van der Waals surface area (Å²) in [6.45, 7) is 5.63. The Morgan fingerprint density at radius 2 is 2.29 bits per heavy atom. The quantitative estimate of drug-likeness (QED) is 0.712. The Kier molecular flexibility index (Phi) is 5.15. The second-order valence-electron chi connectivity index (χ2n) is 3.57. The van der Waals surface area contributed by atoms with Crippen LogP contribution in [0.25, 0.3) is 0 Å². The second kappa shape index (κ2) is 6.17. The van der Waals surface area contributed by atoms with Gasteiger partial charge in [-0.25, -0.2) is 0 Å². The van der Waals surface area contributed by atoms with Crippen molar-refractivity contribution in [3.05, 3.63) is 21.9 Å². The van der Waals surface area contributed by atoms with Gasteiger partial charge in [0, 0.05) is 17.5 Å². The molecule has 0 bridgehead atoms. The fraction of sp³-hybridized carbons (Fsp3) is 0.636. The number of thiophene rings is 1. The molecule has 0 saturated carbocycles. The maximum Gasteiger partial charge on any atom is 0.0431 e. The van der Waals surface area contributed by atoms with Gasteiger partial charge in [0.15, 0.2) is 0 Å². The van der Waals surface area contributed by atoms with Crippen LogP contribution in [-0.4, -0.2) is 18.3 Å². The number of hydrogen-bond acceptors (Lipinski definition) is 3. The summed E-state index contributed by atoms with van der Waals surface area (Å²) in [6.07, 6.45) is 1.94. The Hall–Kier alpha value is -0.380. The van der Waals surface area contributed by atoms with Gasteiger partial charge in [0.2, 0.25) is 0 Å². The molecule has 0 fully saturated rings. The molecule has 0 aliphatic heterocycles. The van der Waals surface area contributed by atoms with E-state index < -0.39 is 0 Å². The standard InChI is InChI=1S/C11H19NOS/c1-9-5-8-14-11(9)10(2)12-6-3-4-7-13/h5,8,10,12-13H,3-4,6-7H2,1-2H3. The number of hydrogen-bond donors (Lipinski definition) is 2. The fourth-order valence-corrected chi connectivity index (χ4v) is 2.44. The third-order valence-electron chi connectivity index (χ3n) is 2.33. The van der Waals surface area contributed by atoms with Gasteiger partial charge in [-0.1, -0.05) is 0 Å². The average Bonchev–Trinajstić information content (AvgIpc) is 2.59. The zero-order valence-corrected chi connectivity index (χ0v) is 9.73. The van der Waals surface area contributed by atoms with Crippen LogP contribution in [0.15, 0.2) is 11.4 Å². The molecule has 14 heavy (non-hydrogen) atoms. The van der Waals surface area contributed by atoms with E-state index in [1.54, 1.807) is 0 Å². The van der Waals surface area contributed by atoms with Crippen molar-refractivity contribution in [2.24, 2.45) is 0 Å². The summed E-state index contributed by atoms with van der Waals surface area (Å²) in [7, 11) is 0. The first kappa shape index (κ1) is 11.7. The van der Waals surface area contributed by atoms with E-state index in [2.05, 4.69) is 30.6 Å². The average molecular weight is 213 g/mol. The predicted octanol–water partition coefficient (Wildman–Crippen LogP) is 2.48. The largest absolute Gasteiger partial charge is 0.396 e. The molecule has 0 aliphatic rings. The number of unbranched alkanes of at least 4 members (excludes halogenated alkanes) is 1. The number of aryl methyl sites for hydroxylation is 1. The number of rotatable bonds is 6. The molecule has 0 radical (unpaired) electrons. The Balaban J connectivity index is 2.28. The van der Waals surface area contributed by atoms with Crippen molar-refractivity contribution < 1.29 is 5.11 Å². The molecular weight excluding hydrogens is 194 g/mol. The molecule has 0 amide bonds. The van der Waals surface area contributed by atoms with Crippen LogP contribution in [0.2, 0.25) is 0 Å². The van der Waals surface area contributed by atoms with E-state index in [1.165, 1.54) is 10.4 Å². The highest BCUT2D eigenvalue weighted by atomic mass is 32.1. The Morgan fingerprint density at radius 3 is 2.86 bits per heavy atom. The molecule has 2 N–H and O–H groups in total. The maximum atomic E-state index is 8.63. The lowest BCUT2D eigenvalue weighted by molar-refractivity contribution is 0.283. The molecule has 2 nitrogen and oxygen atoms in total. The molecule has 1 unspecified atom stereocenters. The van der Waals surface area contributed by atoms with Crippen LogP contribution < -0.4 is 5.32 Å². The van der Waals surface area contributed by atoms with E-state index in [0.717, 1.165) is 19.4 Å². The molecule has 1 aromatic rings. The van der Waals surface area contributed by atoms with Gasteiger partial charge < -0.3 is 10.4 Å². The maximum absolute atomic E-state index is 8.63. The molecule has 0 aromatic carbocycles. The lowest BCUT2D eigenvalue weighted by Crippen LogP contribution is -2.19. The Morgan fingerprint density at radius 1 is 1.50 bits per heavy atom. The van der Waals surface area contributed by atoms with Crippen molar-refractivity contribution in [2.75, 3.05) is 13.2 Å². The fourth-order valence-electron chi connectivity index (χ4n) is 1.48. The van der Waals surface area contributed by atoms with Crippen molar-refractivity contribution in [1.82, 2.24) is 5.32 Å². The molecule has 80 valence electrons. The van der Waals surface area contributed by atoms with Gasteiger partial charge in [0.25, 0.3) is 0 Å². The summed E-state index contributed by atoms with van der Waals surface area (Å²) in [6, 6.07) is 2.60. The molecule has 3 heteroatoms. The zero-order valence-electron chi connectivity index (χ0n) is 8.92. The predicted molar refractivity (Wildman–Crippen MR) is 61.8 cm³/mol.